The normalized spacial score (nSPS) is 13.6. The zero-order valence-corrected chi connectivity index (χ0v) is 13.2. The van der Waals surface area contributed by atoms with Crippen LogP contribution in [0.5, 0.6) is 0 Å². The lowest BCUT2D eigenvalue weighted by Crippen LogP contribution is -2.40. The van der Waals surface area contributed by atoms with Crippen LogP contribution in [0.25, 0.3) is 0 Å². The number of carbonyl (C=O) groups is 1. The predicted octanol–water partition coefficient (Wildman–Crippen LogP) is 1.83. The molecule has 1 heterocycles. The minimum Gasteiger partial charge on any atom is -0.481 e. The Bertz CT molecular complexity index is 514. The molecule has 20 heavy (non-hydrogen) atoms. The van der Waals surface area contributed by atoms with Gasteiger partial charge in [0, 0.05) is 18.5 Å². The first-order chi connectivity index (χ1) is 9.36. The van der Waals surface area contributed by atoms with Crippen molar-refractivity contribution >= 4 is 27.5 Å². The summed E-state index contributed by atoms with van der Waals surface area (Å²) >= 11 is 1.50. The van der Waals surface area contributed by atoms with Gasteiger partial charge >= 0.3 is 5.97 Å². The van der Waals surface area contributed by atoms with Crippen molar-refractivity contribution < 1.29 is 18.3 Å². The fourth-order valence-corrected chi connectivity index (χ4v) is 3.68. The number of rotatable bonds is 9. The molecule has 0 aliphatic rings. The maximum atomic E-state index is 12.2. The minimum absolute atomic E-state index is 0.0477. The molecule has 0 spiro atoms. The maximum absolute atomic E-state index is 12.2. The number of thiophene rings is 1. The first-order valence-corrected chi connectivity index (χ1v) is 8.67. The molecule has 0 aliphatic carbocycles. The van der Waals surface area contributed by atoms with Crippen molar-refractivity contribution in [1.82, 2.24) is 9.03 Å². The Morgan fingerprint density at radius 1 is 1.55 bits per heavy atom. The van der Waals surface area contributed by atoms with Crippen molar-refractivity contribution in [1.29, 1.82) is 0 Å². The van der Waals surface area contributed by atoms with Crippen LogP contribution >= 0.6 is 11.3 Å². The first-order valence-electron chi connectivity index (χ1n) is 6.35. The van der Waals surface area contributed by atoms with E-state index >= 15 is 0 Å². The minimum atomic E-state index is -3.68. The summed E-state index contributed by atoms with van der Waals surface area (Å²) in [5, 5.41) is 10.5. The maximum Gasteiger partial charge on any atom is 0.304 e. The lowest BCUT2D eigenvalue weighted by molar-refractivity contribution is -0.137. The fourth-order valence-electron chi connectivity index (χ4n) is 1.68. The second kappa shape index (κ2) is 7.72. The highest BCUT2D eigenvalue weighted by Crippen LogP contribution is 2.24. The molecule has 0 bridgehead atoms. The van der Waals surface area contributed by atoms with Gasteiger partial charge in [-0.3, -0.25) is 4.79 Å². The molecule has 0 amide bonds. The van der Waals surface area contributed by atoms with Crippen molar-refractivity contribution in [2.45, 2.75) is 32.2 Å². The summed E-state index contributed by atoms with van der Waals surface area (Å²) < 4.78 is 28.0. The van der Waals surface area contributed by atoms with Crippen LogP contribution in [-0.2, 0) is 15.0 Å². The van der Waals surface area contributed by atoms with Crippen molar-refractivity contribution in [3.05, 3.63) is 22.4 Å². The molecule has 6 nitrogen and oxygen atoms in total. The Balaban J connectivity index is 2.73. The molecular weight excluding hydrogens is 300 g/mol. The molecule has 0 saturated heterocycles. The summed E-state index contributed by atoms with van der Waals surface area (Å²) in [6.45, 7) is 1.94. The van der Waals surface area contributed by atoms with Gasteiger partial charge < -0.3 is 5.11 Å². The van der Waals surface area contributed by atoms with Gasteiger partial charge in [-0.05, 0) is 17.9 Å². The van der Waals surface area contributed by atoms with Gasteiger partial charge in [0.05, 0.1) is 12.5 Å². The van der Waals surface area contributed by atoms with Crippen molar-refractivity contribution in [2.75, 3.05) is 13.6 Å². The number of carboxylic acid groups (broad SMARTS) is 1. The number of hydrogen-bond acceptors (Lipinski definition) is 4. The molecule has 1 atom stereocenters. The van der Waals surface area contributed by atoms with Crippen molar-refractivity contribution in [2.24, 2.45) is 0 Å². The van der Waals surface area contributed by atoms with Crippen LogP contribution in [0.1, 0.15) is 37.1 Å². The SMILES string of the molecule is CCCC(NS(=O)(=O)N(C)CCC(=O)O)c1cccs1. The van der Waals surface area contributed by atoms with Gasteiger partial charge in [0.1, 0.15) is 0 Å². The molecule has 0 radical (unpaired) electrons. The monoisotopic (exact) mass is 320 g/mol. The smallest absolute Gasteiger partial charge is 0.304 e. The van der Waals surface area contributed by atoms with E-state index in [4.69, 9.17) is 5.11 Å². The number of hydrogen-bond donors (Lipinski definition) is 2. The Morgan fingerprint density at radius 3 is 2.75 bits per heavy atom. The van der Waals surface area contributed by atoms with Crippen LogP contribution in [0, 0.1) is 0 Å². The van der Waals surface area contributed by atoms with Gasteiger partial charge in [-0.2, -0.15) is 17.4 Å². The second-order valence-electron chi connectivity index (χ2n) is 4.44. The second-order valence-corrected chi connectivity index (χ2v) is 7.23. The third kappa shape index (κ3) is 5.20. The van der Waals surface area contributed by atoms with Crippen LogP contribution in [0.3, 0.4) is 0 Å². The zero-order valence-electron chi connectivity index (χ0n) is 11.6. The Morgan fingerprint density at radius 2 is 2.25 bits per heavy atom. The van der Waals surface area contributed by atoms with Crippen molar-refractivity contribution in [3.63, 3.8) is 0 Å². The molecule has 1 aromatic heterocycles. The van der Waals surface area contributed by atoms with E-state index in [1.165, 1.54) is 18.4 Å². The Labute approximate surface area is 123 Å². The highest BCUT2D eigenvalue weighted by atomic mass is 32.2. The van der Waals surface area contributed by atoms with Gasteiger partial charge in [0.25, 0.3) is 10.2 Å². The van der Waals surface area contributed by atoms with Crippen LogP contribution in [0.15, 0.2) is 17.5 Å². The van der Waals surface area contributed by atoms with E-state index in [1.54, 1.807) is 0 Å². The van der Waals surface area contributed by atoms with E-state index in [9.17, 15) is 13.2 Å². The van der Waals surface area contributed by atoms with E-state index < -0.39 is 16.2 Å². The molecule has 8 heteroatoms. The largest absolute Gasteiger partial charge is 0.481 e. The van der Waals surface area contributed by atoms with Gasteiger partial charge in [0.15, 0.2) is 0 Å². The first kappa shape index (κ1) is 17.1. The lowest BCUT2D eigenvalue weighted by Gasteiger charge is -2.22. The summed E-state index contributed by atoms with van der Waals surface area (Å²) in [4.78, 5) is 11.5. The number of carboxylic acids is 1. The molecule has 1 aromatic rings. The third-order valence-electron chi connectivity index (χ3n) is 2.81. The van der Waals surface area contributed by atoms with E-state index in [-0.39, 0.29) is 19.0 Å². The van der Waals surface area contributed by atoms with Gasteiger partial charge in [-0.15, -0.1) is 11.3 Å². The molecule has 114 valence electrons. The van der Waals surface area contributed by atoms with Gasteiger partial charge in [-0.1, -0.05) is 19.4 Å². The van der Waals surface area contributed by atoms with E-state index in [0.29, 0.717) is 6.42 Å². The molecule has 0 saturated carbocycles. The molecule has 2 N–H and O–H groups in total. The van der Waals surface area contributed by atoms with Gasteiger partial charge in [-0.25, -0.2) is 0 Å². The quantitative estimate of drug-likeness (QED) is 0.727. The number of aliphatic carboxylic acids is 1. The average Bonchev–Trinajstić information content (AvgIpc) is 2.88. The van der Waals surface area contributed by atoms with E-state index in [0.717, 1.165) is 15.6 Å². The Kier molecular flexibility index (Phi) is 6.60. The highest BCUT2D eigenvalue weighted by molar-refractivity contribution is 7.87. The summed E-state index contributed by atoms with van der Waals surface area (Å²) in [5.41, 5.74) is 0. The lowest BCUT2D eigenvalue weighted by atomic mass is 10.1. The zero-order chi connectivity index (χ0) is 15.2. The summed E-state index contributed by atoms with van der Waals surface area (Å²) in [6.07, 6.45) is 1.34. The standard InChI is InChI=1S/C12H20N2O4S2/c1-3-5-10(11-6-4-9-19-11)13-20(17,18)14(2)8-7-12(15)16/h4,6,9-10,13H,3,5,7-8H2,1-2H3,(H,15,16). The van der Waals surface area contributed by atoms with E-state index in [1.807, 2.05) is 24.4 Å². The summed E-state index contributed by atoms with van der Waals surface area (Å²) in [7, 11) is -2.30. The molecular formula is C12H20N2O4S2. The fraction of sp³-hybridized carbons (Fsp3) is 0.583. The van der Waals surface area contributed by atoms with Crippen LogP contribution in [-0.4, -0.2) is 37.4 Å². The summed E-state index contributed by atoms with van der Waals surface area (Å²) in [5.74, 6) is -1.02. The third-order valence-corrected chi connectivity index (χ3v) is 5.38. The number of nitrogens with zero attached hydrogens (tertiary/aromatic N) is 1. The average molecular weight is 320 g/mol. The topological polar surface area (TPSA) is 86.7 Å². The molecule has 0 aliphatic heterocycles. The molecule has 0 aromatic carbocycles. The van der Waals surface area contributed by atoms with Crippen LogP contribution in [0.2, 0.25) is 0 Å². The molecule has 1 unspecified atom stereocenters. The number of nitrogens with one attached hydrogen (secondary N) is 1. The van der Waals surface area contributed by atoms with Gasteiger partial charge in [0.2, 0.25) is 0 Å². The Hall–Kier alpha value is -0.960. The van der Waals surface area contributed by atoms with Crippen molar-refractivity contribution in [3.8, 4) is 0 Å². The highest BCUT2D eigenvalue weighted by Gasteiger charge is 2.23. The molecule has 0 fully saturated rings. The molecule has 1 rings (SSSR count). The van der Waals surface area contributed by atoms with Crippen LogP contribution in [0.4, 0.5) is 0 Å². The predicted molar refractivity (Wildman–Crippen MR) is 78.9 cm³/mol. The van der Waals surface area contributed by atoms with Crippen LogP contribution < -0.4 is 4.72 Å². The summed E-state index contributed by atoms with van der Waals surface area (Å²) in [6, 6.07) is 3.51. The van der Waals surface area contributed by atoms with E-state index in [2.05, 4.69) is 4.72 Å².